The molecule has 0 aromatic heterocycles. The van der Waals surface area contributed by atoms with Gasteiger partial charge in [0.15, 0.2) is 0 Å². The molecule has 0 aliphatic heterocycles. The number of rotatable bonds is 7. The molecule has 0 fully saturated rings. The van der Waals surface area contributed by atoms with E-state index in [1.807, 2.05) is 6.08 Å². The molecule has 0 heterocycles. The van der Waals surface area contributed by atoms with Crippen molar-refractivity contribution >= 4 is 0 Å². The van der Waals surface area contributed by atoms with Crippen LogP contribution in [0.1, 0.15) is 47.0 Å². The Morgan fingerprint density at radius 2 is 1.89 bits per heavy atom. The largest absolute Gasteiger partial charge is 0.310 e. The molecular weight excluding hydrogens is 218 g/mol. The molecule has 1 atom stereocenters. The topological polar surface area (TPSA) is 12.0 Å². The molecule has 0 aromatic rings. The molecule has 0 aromatic carbocycles. The lowest BCUT2D eigenvalue weighted by atomic mass is 9.99. The first-order chi connectivity index (χ1) is 8.71. The van der Waals surface area contributed by atoms with Gasteiger partial charge in [0.2, 0.25) is 0 Å². The quantitative estimate of drug-likeness (QED) is 0.656. The molecule has 0 spiro atoms. The van der Waals surface area contributed by atoms with Crippen LogP contribution in [-0.4, -0.2) is 12.6 Å². The van der Waals surface area contributed by atoms with Crippen molar-refractivity contribution in [3.05, 3.63) is 41.2 Å². The number of allylic oxidation sites excluding steroid dienone is 3. The average molecular weight is 245 g/mol. The second kappa shape index (κ2) is 8.13. The molecule has 1 nitrogen and oxygen atoms in total. The third-order valence-corrected chi connectivity index (χ3v) is 3.71. The molecule has 0 amide bonds. The summed E-state index contributed by atoms with van der Waals surface area (Å²) in [4.78, 5) is 0. The monoisotopic (exact) mass is 245 g/mol. The minimum absolute atomic E-state index is 0.452. The SMILES string of the molecule is CCC(CC)CNC(CC)C1=CC(C)=CC=C=C1. The maximum absolute atomic E-state index is 3.71. The van der Waals surface area contributed by atoms with Gasteiger partial charge < -0.3 is 5.32 Å². The van der Waals surface area contributed by atoms with Crippen LogP contribution in [-0.2, 0) is 0 Å². The Balaban J connectivity index is 2.66. The number of nitrogens with one attached hydrogen (secondary N) is 1. The van der Waals surface area contributed by atoms with Gasteiger partial charge in [0, 0.05) is 6.04 Å². The molecule has 1 heteroatoms. The van der Waals surface area contributed by atoms with Gasteiger partial charge in [-0.1, -0.05) is 51.3 Å². The van der Waals surface area contributed by atoms with Crippen molar-refractivity contribution in [2.45, 2.75) is 53.0 Å². The lowest BCUT2D eigenvalue weighted by molar-refractivity contribution is 0.422. The zero-order valence-corrected chi connectivity index (χ0v) is 12.3. The van der Waals surface area contributed by atoms with E-state index in [0.29, 0.717) is 6.04 Å². The van der Waals surface area contributed by atoms with Crippen molar-refractivity contribution < 1.29 is 0 Å². The Hall–Kier alpha value is -1.04. The zero-order chi connectivity index (χ0) is 13.4. The van der Waals surface area contributed by atoms with Gasteiger partial charge in [-0.2, -0.15) is 0 Å². The van der Waals surface area contributed by atoms with E-state index in [9.17, 15) is 0 Å². The summed E-state index contributed by atoms with van der Waals surface area (Å²) in [7, 11) is 0. The molecule has 1 unspecified atom stereocenters. The molecule has 0 radical (unpaired) electrons. The highest BCUT2D eigenvalue weighted by Gasteiger charge is 2.12. The summed E-state index contributed by atoms with van der Waals surface area (Å²) in [6.45, 7) is 10.1. The lowest BCUT2D eigenvalue weighted by Crippen LogP contribution is -2.33. The second-order valence-electron chi connectivity index (χ2n) is 5.08. The molecule has 0 saturated carbocycles. The van der Waals surface area contributed by atoms with E-state index in [1.54, 1.807) is 0 Å². The molecular formula is C17H27N. The van der Waals surface area contributed by atoms with Crippen LogP contribution in [0.15, 0.2) is 41.2 Å². The van der Waals surface area contributed by atoms with Crippen molar-refractivity contribution in [2.24, 2.45) is 5.92 Å². The number of hydrogen-bond donors (Lipinski definition) is 1. The minimum Gasteiger partial charge on any atom is -0.310 e. The standard InChI is InChI=1S/C17H27N/c1-5-15(6-2)13-18-17(7-3)16-11-9-8-10-14(4)12-16/h8,10-12,15,17-18H,5-7,13H2,1-4H3. The van der Waals surface area contributed by atoms with Gasteiger partial charge in [0.1, 0.15) is 0 Å². The Morgan fingerprint density at radius 1 is 1.17 bits per heavy atom. The Kier molecular flexibility index (Phi) is 6.78. The van der Waals surface area contributed by atoms with E-state index in [0.717, 1.165) is 18.9 Å². The third kappa shape index (κ3) is 4.68. The summed E-state index contributed by atoms with van der Waals surface area (Å²) in [6, 6.07) is 0.452. The Morgan fingerprint density at radius 3 is 2.50 bits per heavy atom. The van der Waals surface area contributed by atoms with Gasteiger partial charge in [-0.15, -0.1) is 5.73 Å². The van der Waals surface area contributed by atoms with Gasteiger partial charge in [0.25, 0.3) is 0 Å². The van der Waals surface area contributed by atoms with Crippen LogP contribution in [0, 0.1) is 5.92 Å². The molecule has 18 heavy (non-hydrogen) atoms. The van der Waals surface area contributed by atoms with Crippen LogP contribution in [0.3, 0.4) is 0 Å². The van der Waals surface area contributed by atoms with Gasteiger partial charge >= 0.3 is 0 Å². The van der Waals surface area contributed by atoms with E-state index in [-0.39, 0.29) is 0 Å². The predicted octanol–water partition coefficient (Wildman–Crippen LogP) is 4.39. The summed E-state index contributed by atoms with van der Waals surface area (Å²) < 4.78 is 0. The third-order valence-electron chi connectivity index (χ3n) is 3.71. The smallest absolute Gasteiger partial charge is 0.0323 e. The van der Waals surface area contributed by atoms with Crippen LogP contribution >= 0.6 is 0 Å². The fourth-order valence-electron chi connectivity index (χ4n) is 2.26. The van der Waals surface area contributed by atoms with E-state index < -0.39 is 0 Å². The van der Waals surface area contributed by atoms with Crippen LogP contribution in [0.25, 0.3) is 0 Å². The molecule has 0 bridgehead atoms. The summed E-state index contributed by atoms with van der Waals surface area (Å²) >= 11 is 0. The Labute approximate surface area is 112 Å². The Bertz CT molecular complexity index is 363. The average Bonchev–Trinajstić information content (AvgIpc) is 2.60. The minimum atomic E-state index is 0.452. The van der Waals surface area contributed by atoms with Crippen molar-refractivity contribution in [2.75, 3.05) is 6.54 Å². The normalized spacial score (nSPS) is 16.5. The van der Waals surface area contributed by atoms with Crippen molar-refractivity contribution in [1.29, 1.82) is 0 Å². The van der Waals surface area contributed by atoms with Gasteiger partial charge in [0.05, 0.1) is 0 Å². The maximum Gasteiger partial charge on any atom is 0.0323 e. The zero-order valence-electron chi connectivity index (χ0n) is 12.3. The lowest BCUT2D eigenvalue weighted by Gasteiger charge is -2.21. The van der Waals surface area contributed by atoms with Crippen LogP contribution in [0.4, 0.5) is 0 Å². The van der Waals surface area contributed by atoms with E-state index >= 15 is 0 Å². The summed E-state index contributed by atoms with van der Waals surface area (Å²) in [5, 5.41) is 3.71. The van der Waals surface area contributed by atoms with Crippen molar-refractivity contribution in [1.82, 2.24) is 5.32 Å². The van der Waals surface area contributed by atoms with Crippen molar-refractivity contribution in [3.63, 3.8) is 0 Å². The van der Waals surface area contributed by atoms with Crippen LogP contribution in [0.2, 0.25) is 0 Å². The fourth-order valence-corrected chi connectivity index (χ4v) is 2.26. The van der Waals surface area contributed by atoms with E-state index in [4.69, 9.17) is 0 Å². The first-order valence-corrected chi connectivity index (χ1v) is 7.25. The van der Waals surface area contributed by atoms with Gasteiger partial charge in [-0.3, -0.25) is 0 Å². The van der Waals surface area contributed by atoms with Crippen molar-refractivity contribution in [3.8, 4) is 0 Å². The highest BCUT2D eigenvalue weighted by molar-refractivity contribution is 5.37. The summed E-state index contributed by atoms with van der Waals surface area (Å²) in [5.41, 5.74) is 5.88. The molecule has 0 saturated heterocycles. The molecule has 1 aliphatic rings. The first-order valence-electron chi connectivity index (χ1n) is 7.25. The number of hydrogen-bond acceptors (Lipinski definition) is 1. The molecule has 1 N–H and O–H groups in total. The molecule has 1 rings (SSSR count). The first kappa shape index (κ1) is 15.0. The highest BCUT2D eigenvalue weighted by Crippen LogP contribution is 2.15. The van der Waals surface area contributed by atoms with Gasteiger partial charge in [-0.05, 0) is 43.5 Å². The van der Waals surface area contributed by atoms with Crippen LogP contribution in [0.5, 0.6) is 0 Å². The van der Waals surface area contributed by atoms with E-state index in [2.05, 4.69) is 57.0 Å². The summed E-state index contributed by atoms with van der Waals surface area (Å²) in [6.07, 6.45) is 12.1. The predicted molar refractivity (Wildman–Crippen MR) is 80.6 cm³/mol. The fraction of sp³-hybridized carbons (Fsp3) is 0.588. The molecule has 100 valence electrons. The molecule has 1 aliphatic carbocycles. The van der Waals surface area contributed by atoms with Gasteiger partial charge in [-0.25, -0.2) is 0 Å². The van der Waals surface area contributed by atoms with Crippen LogP contribution < -0.4 is 5.32 Å². The summed E-state index contributed by atoms with van der Waals surface area (Å²) in [5.74, 6) is 0.793. The highest BCUT2D eigenvalue weighted by atomic mass is 14.9. The van der Waals surface area contributed by atoms with E-state index in [1.165, 1.54) is 24.0 Å². The second-order valence-corrected chi connectivity index (χ2v) is 5.08. The maximum atomic E-state index is 3.71.